The van der Waals surface area contributed by atoms with Crippen molar-refractivity contribution in [1.82, 2.24) is 4.98 Å². The van der Waals surface area contributed by atoms with Crippen LogP contribution in [0.25, 0.3) is 0 Å². The molecular weight excluding hydrogens is 527 g/mol. The summed E-state index contributed by atoms with van der Waals surface area (Å²) in [4.78, 5) is 42.4. The van der Waals surface area contributed by atoms with Crippen LogP contribution in [0.15, 0.2) is 47.2 Å². The first-order valence-corrected chi connectivity index (χ1v) is 14.6. The van der Waals surface area contributed by atoms with E-state index in [0.29, 0.717) is 18.4 Å². The minimum Gasteiger partial charge on any atom is -0.447 e. The van der Waals surface area contributed by atoms with Crippen molar-refractivity contribution >= 4 is 27.6 Å². The molecule has 4 aliphatic carbocycles. The largest absolute Gasteiger partial charge is 0.447 e. The lowest BCUT2D eigenvalue weighted by Gasteiger charge is -2.63. The lowest BCUT2D eigenvalue weighted by molar-refractivity contribution is -0.220. The number of aliphatic hydroxyl groups excluding tert-OH is 1. The third-order valence-corrected chi connectivity index (χ3v) is 11.0. The number of primary sulfonamides is 1. The Labute approximate surface area is 226 Å². The average molecular weight is 561 g/mol. The van der Waals surface area contributed by atoms with Gasteiger partial charge in [0, 0.05) is 22.9 Å². The van der Waals surface area contributed by atoms with Gasteiger partial charge < -0.3 is 9.84 Å². The molecule has 0 aliphatic heterocycles. The molecule has 1 aromatic rings. The number of hydrogen-bond acceptors (Lipinski definition) is 8. The van der Waals surface area contributed by atoms with Crippen LogP contribution in [0.4, 0.5) is 4.39 Å². The molecule has 5 rings (SSSR count). The molecule has 0 bridgehead atoms. The molecule has 0 unspecified atom stereocenters. The van der Waals surface area contributed by atoms with Crippen molar-refractivity contribution in [3.05, 3.63) is 47.7 Å². The van der Waals surface area contributed by atoms with Gasteiger partial charge in [-0.2, -0.15) is 0 Å². The number of Topliss-reactive ketones (excluding diaryl/α,β-unsaturated/α-hetero) is 1. The standard InChI is InChI=1S/C28H33FN2O7S/c1-15-11-21-19-8-10-27(16(2)32,38-24(35)17-5-6-23(31-14-17)39(30,36)37)26(19,4)13-22(34)28(21,29)25(3)9-7-18(33)12-20(15)25/h5-7,9,12,14-15,19,21-22,34H,8,10-11,13H2,1-4H3,(H2,30,36,37)/t15-,19-,21-,22-,25-,26-,27-,28-/m0/s1. The van der Waals surface area contributed by atoms with Crippen LogP contribution >= 0.6 is 0 Å². The number of alkyl halides is 1. The van der Waals surface area contributed by atoms with Gasteiger partial charge in [0.1, 0.15) is 0 Å². The van der Waals surface area contributed by atoms with Gasteiger partial charge in [0.05, 0.1) is 11.7 Å². The van der Waals surface area contributed by atoms with Crippen LogP contribution in [0.3, 0.4) is 0 Å². The van der Waals surface area contributed by atoms with Crippen molar-refractivity contribution in [2.24, 2.45) is 33.7 Å². The number of aliphatic hydroxyl groups is 1. The Morgan fingerprint density at radius 2 is 1.92 bits per heavy atom. The van der Waals surface area contributed by atoms with Crippen molar-refractivity contribution in [3.63, 3.8) is 0 Å². The number of nitrogens with two attached hydrogens (primary N) is 1. The number of fused-ring (bicyclic) bond motifs is 5. The van der Waals surface area contributed by atoms with Gasteiger partial charge in [0.15, 0.2) is 27.9 Å². The van der Waals surface area contributed by atoms with Gasteiger partial charge in [0.2, 0.25) is 0 Å². The first kappa shape index (κ1) is 27.8. The van der Waals surface area contributed by atoms with Crippen molar-refractivity contribution in [1.29, 1.82) is 0 Å². The molecule has 0 spiro atoms. The number of esters is 1. The topological polar surface area (TPSA) is 154 Å². The zero-order valence-electron chi connectivity index (χ0n) is 22.3. The number of nitrogens with zero attached hydrogens (tertiary/aromatic N) is 1. The molecule has 3 fully saturated rings. The number of carbonyl (C=O) groups is 3. The van der Waals surface area contributed by atoms with E-state index in [4.69, 9.17) is 9.88 Å². The number of pyridine rings is 1. The van der Waals surface area contributed by atoms with Crippen LogP contribution in [0.1, 0.15) is 63.7 Å². The van der Waals surface area contributed by atoms with E-state index in [9.17, 15) is 27.9 Å². The number of sulfonamides is 1. The van der Waals surface area contributed by atoms with Crippen LogP contribution in [-0.2, 0) is 24.3 Å². The Morgan fingerprint density at radius 1 is 1.23 bits per heavy atom. The van der Waals surface area contributed by atoms with Crippen molar-refractivity contribution in [2.45, 2.75) is 75.8 Å². The Morgan fingerprint density at radius 3 is 2.51 bits per heavy atom. The third-order valence-electron chi connectivity index (χ3n) is 10.2. The maximum Gasteiger partial charge on any atom is 0.340 e. The molecule has 0 aromatic carbocycles. The van der Waals surface area contributed by atoms with Gasteiger partial charge in [-0.15, -0.1) is 0 Å². The molecule has 39 heavy (non-hydrogen) atoms. The Kier molecular flexibility index (Phi) is 6.14. The highest BCUT2D eigenvalue weighted by atomic mass is 32.2. The number of hydrogen-bond donors (Lipinski definition) is 2. The molecule has 210 valence electrons. The number of ether oxygens (including phenoxy) is 1. The average Bonchev–Trinajstić information content (AvgIpc) is 3.14. The van der Waals surface area contributed by atoms with E-state index in [2.05, 4.69) is 4.98 Å². The van der Waals surface area contributed by atoms with E-state index < -0.39 is 66.8 Å². The lowest BCUT2D eigenvalue weighted by Crippen LogP contribution is -2.70. The molecule has 0 amide bonds. The lowest BCUT2D eigenvalue weighted by atomic mass is 9.43. The first-order chi connectivity index (χ1) is 18.0. The fourth-order valence-electron chi connectivity index (χ4n) is 8.29. The Hall–Kier alpha value is -2.76. The summed E-state index contributed by atoms with van der Waals surface area (Å²) >= 11 is 0. The smallest absolute Gasteiger partial charge is 0.340 e. The predicted molar refractivity (Wildman–Crippen MR) is 137 cm³/mol. The molecule has 9 nitrogen and oxygen atoms in total. The number of halogens is 1. The zero-order valence-corrected chi connectivity index (χ0v) is 23.1. The summed E-state index contributed by atoms with van der Waals surface area (Å²) in [5, 5.41) is 16.2. The number of aromatic nitrogens is 1. The zero-order chi connectivity index (χ0) is 28.8. The highest BCUT2D eigenvalue weighted by Crippen LogP contribution is 2.71. The summed E-state index contributed by atoms with van der Waals surface area (Å²) in [6, 6.07) is 2.28. The Bertz CT molecular complexity index is 1440. The highest BCUT2D eigenvalue weighted by Gasteiger charge is 2.75. The van der Waals surface area contributed by atoms with E-state index >= 15 is 4.39 Å². The number of allylic oxidation sites excluding steroid dienone is 4. The molecular formula is C28H33FN2O7S. The summed E-state index contributed by atoms with van der Waals surface area (Å²) < 4.78 is 46.5. The monoisotopic (exact) mass is 560 g/mol. The SMILES string of the molecule is CC(=O)[C@@]1(OC(=O)c2ccc(S(N)(=O)=O)nc2)CC[C@H]2[C@@H]3C[C@H](C)C4=CC(=O)C=C[C@]4(C)[C@@]3(F)[C@@H](O)C[C@@]21C. The second kappa shape index (κ2) is 8.62. The number of ketones is 2. The summed E-state index contributed by atoms with van der Waals surface area (Å²) in [6.45, 7) is 6.78. The van der Waals surface area contributed by atoms with Crippen LogP contribution in [0, 0.1) is 28.6 Å². The summed E-state index contributed by atoms with van der Waals surface area (Å²) in [7, 11) is -4.07. The van der Waals surface area contributed by atoms with Gasteiger partial charge >= 0.3 is 5.97 Å². The molecule has 11 heteroatoms. The molecule has 0 saturated heterocycles. The summed E-state index contributed by atoms with van der Waals surface area (Å²) in [5.41, 5.74) is -5.40. The van der Waals surface area contributed by atoms with E-state index in [1.807, 2.05) is 6.92 Å². The molecule has 3 N–H and O–H groups in total. The van der Waals surface area contributed by atoms with Crippen LogP contribution in [0.5, 0.6) is 0 Å². The highest BCUT2D eigenvalue weighted by molar-refractivity contribution is 7.89. The van der Waals surface area contributed by atoms with Crippen molar-refractivity contribution < 1.29 is 37.0 Å². The summed E-state index contributed by atoms with van der Waals surface area (Å²) in [6.07, 6.45) is 4.73. The van der Waals surface area contributed by atoms with Crippen molar-refractivity contribution in [2.75, 3.05) is 0 Å². The van der Waals surface area contributed by atoms with Crippen LogP contribution < -0.4 is 5.14 Å². The molecule has 4 aliphatic rings. The van der Waals surface area contributed by atoms with Crippen LogP contribution in [0.2, 0.25) is 0 Å². The first-order valence-electron chi connectivity index (χ1n) is 13.1. The Balaban J connectivity index is 1.53. The molecule has 8 atom stereocenters. The fourth-order valence-corrected chi connectivity index (χ4v) is 8.75. The molecule has 1 heterocycles. The molecule has 1 aromatic heterocycles. The van der Waals surface area contributed by atoms with Crippen molar-refractivity contribution in [3.8, 4) is 0 Å². The predicted octanol–water partition coefficient (Wildman–Crippen LogP) is 2.83. The minimum atomic E-state index is -4.07. The van der Waals surface area contributed by atoms with E-state index in [1.165, 1.54) is 25.1 Å². The normalized spacial score (nSPS) is 41.2. The number of carbonyl (C=O) groups excluding carboxylic acids is 3. The van der Waals surface area contributed by atoms with E-state index in [1.54, 1.807) is 19.9 Å². The van der Waals surface area contributed by atoms with Gasteiger partial charge in [-0.25, -0.2) is 27.7 Å². The number of rotatable bonds is 4. The van der Waals surface area contributed by atoms with Gasteiger partial charge in [0.25, 0.3) is 10.0 Å². The summed E-state index contributed by atoms with van der Waals surface area (Å²) in [5.74, 6) is -2.68. The maximum atomic E-state index is 17.4. The van der Waals surface area contributed by atoms with Gasteiger partial charge in [-0.3, -0.25) is 9.59 Å². The molecule has 3 saturated carbocycles. The second-order valence-electron chi connectivity index (χ2n) is 12.0. The van der Waals surface area contributed by atoms with Gasteiger partial charge in [-0.05, 0) is 75.7 Å². The second-order valence-corrected chi connectivity index (χ2v) is 13.5. The van der Waals surface area contributed by atoms with Gasteiger partial charge in [-0.1, -0.05) is 25.5 Å². The maximum absolute atomic E-state index is 17.4. The van der Waals surface area contributed by atoms with Crippen LogP contribution in [-0.4, -0.2) is 53.4 Å². The van der Waals surface area contributed by atoms with E-state index in [-0.39, 0.29) is 30.1 Å². The third kappa shape index (κ3) is 3.65. The molecule has 0 radical (unpaired) electrons. The minimum absolute atomic E-state index is 0.0724. The fraction of sp³-hybridized carbons (Fsp3) is 0.571. The quantitative estimate of drug-likeness (QED) is 0.533. The van der Waals surface area contributed by atoms with E-state index in [0.717, 1.165) is 12.3 Å².